The summed E-state index contributed by atoms with van der Waals surface area (Å²) in [6.07, 6.45) is 1.73. The highest BCUT2D eigenvalue weighted by atomic mass is 32.2. The lowest BCUT2D eigenvalue weighted by molar-refractivity contribution is -0.112. The molecule has 1 aliphatic rings. The van der Waals surface area contributed by atoms with Gasteiger partial charge < -0.3 is 15.5 Å². The first-order valence-electron chi connectivity index (χ1n) is 9.89. The van der Waals surface area contributed by atoms with Gasteiger partial charge in [0.15, 0.2) is 11.6 Å². The first kappa shape index (κ1) is 21.0. The summed E-state index contributed by atoms with van der Waals surface area (Å²) in [5, 5.41) is 8.82. The average molecular weight is 436 g/mol. The second-order valence-electron chi connectivity index (χ2n) is 7.86. The molecule has 1 aliphatic heterocycles. The number of hydrogen-bond acceptors (Lipinski definition) is 7. The number of allylic oxidation sites excluding steroid dienone is 2. The molecule has 3 aromatic rings. The van der Waals surface area contributed by atoms with Crippen LogP contribution in [0.25, 0.3) is 11.4 Å². The predicted molar refractivity (Wildman–Crippen MR) is 124 cm³/mol. The maximum absolute atomic E-state index is 12.8. The molecule has 0 radical (unpaired) electrons. The van der Waals surface area contributed by atoms with E-state index in [9.17, 15) is 4.79 Å². The largest absolute Gasteiger partial charge is 0.496 e. The number of ether oxygens (including phenoxy) is 1. The Morgan fingerprint density at radius 3 is 2.61 bits per heavy atom. The van der Waals surface area contributed by atoms with Gasteiger partial charge in [0, 0.05) is 29.9 Å². The van der Waals surface area contributed by atoms with E-state index in [-0.39, 0.29) is 17.0 Å². The van der Waals surface area contributed by atoms with E-state index in [2.05, 4.69) is 41.1 Å². The monoisotopic (exact) mass is 435 g/mol. The number of methoxy groups -OCH3 is 1. The SMILES string of the molecule is COc1ccccc1-c1nnc(SCC(=O)C=C2N(C)c3ccccc3C2(C)C)n1N. The van der Waals surface area contributed by atoms with Crippen molar-refractivity contribution < 1.29 is 9.53 Å². The van der Waals surface area contributed by atoms with Crippen LogP contribution in [0.15, 0.2) is 65.5 Å². The van der Waals surface area contributed by atoms with Gasteiger partial charge >= 0.3 is 0 Å². The summed E-state index contributed by atoms with van der Waals surface area (Å²) in [5.74, 6) is 7.56. The molecular weight excluding hydrogens is 410 g/mol. The number of ketones is 1. The summed E-state index contributed by atoms with van der Waals surface area (Å²) in [5.41, 5.74) is 3.82. The van der Waals surface area contributed by atoms with Crippen LogP contribution in [0.2, 0.25) is 0 Å². The Morgan fingerprint density at radius 1 is 1.16 bits per heavy atom. The van der Waals surface area contributed by atoms with Crippen LogP contribution >= 0.6 is 11.8 Å². The van der Waals surface area contributed by atoms with Crippen LogP contribution in [0.3, 0.4) is 0 Å². The number of anilines is 1. The minimum Gasteiger partial charge on any atom is -0.496 e. The molecule has 0 spiro atoms. The van der Waals surface area contributed by atoms with Crippen LogP contribution in [0.1, 0.15) is 19.4 Å². The van der Waals surface area contributed by atoms with E-state index in [1.165, 1.54) is 22.0 Å². The maximum atomic E-state index is 12.8. The lowest BCUT2D eigenvalue weighted by Gasteiger charge is -2.23. The van der Waals surface area contributed by atoms with Gasteiger partial charge in [-0.3, -0.25) is 4.79 Å². The maximum Gasteiger partial charge on any atom is 0.210 e. The molecule has 0 unspecified atom stereocenters. The molecule has 0 aliphatic carbocycles. The van der Waals surface area contributed by atoms with Crippen molar-refractivity contribution in [3.63, 3.8) is 0 Å². The van der Waals surface area contributed by atoms with Crippen LogP contribution in [-0.2, 0) is 10.2 Å². The van der Waals surface area contributed by atoms with Gasteiger partial charge in [0.25, 0.3) is 0 Å². The molecule has 0 atom stereocenters. The van der Waals surface area contributed by atoms with E-state index in [1.54, 1.807) is 13.2 Å². The fourth-order valence-corrected chi connectivity index (χ4v) is 4.66. The van der Waals surface area contributed by atoms with Gasteiger partial charge in [0.05, 0.1) is 18.4 Å². The zero-order valence-corrected chi connectivity index (χ0v) is 18.8. The third-order valence-corrected chi connectivity index (χ3v) is 6.56. The van der Waals surface area contributed by atoms with Crippen molar-refractivity contribution in [3.8, 4) is 17.1 Å². The number of likely N-dealkylation sites (N-methyl/N-ethyl adjacent to an activating group) is 1. The third kappa shape index (κ3) is 3.67. The summed E-state index contributed by atoms with van der Waals surface area (Å²) < 4.78 is 6.78. The second kappa shape index (κ2) is 8.11. The minimum absolute atomic E-state index is 0.00503. The van der Waals surface area contributed by atoms with Gasteiger partial charge in [0.2, 0.25) is 5.16 Å². The number of rotatable bonds is 6. The van der Waals surface area contributed by atoms with Gasteiger partial charge in [-0.05, 0) is 23.8 Å². The van der Waals surface area contributed by atoms with Crippen molar-refractivity contribution >= 4 is 23.2 Å². The first-order valence-corrected chi connectivity index (χ1v) is 10.9. The average Bonchev–Trinajstić information content (AvgIpc) is 3.23. The molecular formula is C23H25N5O2S. The molecule has 31 heavy (non-hydrogen) atoms. The van der Waals surface area contributed by atoms with Crippen molar-refractivity contribution in [1.82, 2.24) is 14.9 Å². The highest BCUT2D eigenvalue weighted by Crippen LogP contribution is 2.46. The number of hydrogen-bond donors (Lipinski definition) is 1. The number of nitrogens with zero attached hydrogens (tertiary/aromatic N) is 4. The Bertz CT molecular complexity index is 1170. The normalized spacial score (nSPS) is 15.9. The van der Waals surface area contributed by atoms with Gasteiger partial charge in [-0.15, -0.1) is 10.2 Å². The van der Waals surface area contributed by atoms with E-state index < -0.39 is 0 Å². The minimum atomic E-state index is -0.239. The van der Waals surface area contributed by atoms with Gasteiger partial charge in [-0.2, -0.15) is 0 Å². The molecule has 0 saturated heterocycles. The van der Waals surface area contributed by atoms with E-state index in [4.69, 9.17) is 10.6 Å². The van der Waals surface area contributed by atoms with Crippen LogP contribution in [0.4, 0.5) is 5.69 Å². The first-order chi connectivity index (χ1) is 14.8. The molecule has 8 heteroatoms. The Labute approximate surface area is 185 Å². The number of carbonyl (C=O) groups excluding carboxylic acids is 1. The topological polar surface area (TPSA) is 86.3 Å². The molecule has 0 amide bonds. The highest BCUT2D eigenvalue weighted by molar-refractivity contribution is 7.99. The highest BCUT2D eigenvalue weighted by Gasteiger charge is 2.38. The molecule has 4 rings (SSSR count). The summed E-state index contributed by atoms with van der Waals surface area (Å²) in [7, 11) is 3.59. The Kier molecular flexibility index (Phi) is 5.49. The number of para-hydroxylation sites is 2. The predicted octanol–water partition coefficient (Wildman–Crippen LogP) is 3.64. The Morgan fingerprint density at radius 2 is 1.87 bits per heavy atom. The summed E-state index contributed by atoms with van der Waals surface area (Å²) in [6.45, 7) is 4.27. The van der Waals surface area contributed by atoms with Crippen molar-refractivity contribution in [2.45, 2.75) is 24.4 Å². The summed E-state index contributed by atoms with van der Waals surface area (Å²) in [4.78, 5) is 14.9. The molecule has 0 fully saturated rings. The van der Waals surface area contributed by atoms with E-state index in [1.807, 2.05) is 43.4 Å². The zero-order chi connectivity index (χ0) is 22.2. The molecule has 2 heterocycles. The van der Waals surface area contributed by atoms with Crippen LogP contribution in [0.5, 0.6) is 5.75 Å². The van der Waals surface area contributed by atoms with E-state index in [0.29, 0.717) is 16.7 Å². The quantitative estimate of drug-likeness (QED) is 0.359. The van der Waals surface area contributed by atoms with E-state index >= 15 is 0 Å². The lowest BCUT2D eigenvalue weighted by Crippen LogP contribution is -2.24. The number of thioether (sulfide) groups is 1. The van der Waals surface area contributed by atoms with Crippen molar-refractivity contribution in [3.05, 3.63) is 65.9 Å². The zero-order valence-electron chi connectivity index (χ0n) is 18.0. The fourth-order valence-electron chi connectivity index (χ4n) is 3.98. The van der Waals surface area contributed by atoms with Crippen LogP contribution < -0.4 is 15.5 Å². The molecule has 0 bridgehead atoms. The standard InChI is InChI=1S/C23H25N5O2S/c1-23(2)17-10-6-7-11-18(17)27(3)20(23)13-15(29)14-31-22-26-25-21(28(22)24)16-9-5-8-12-19(16)30-4/h5-13H,14,24H2,1-4H3. The number of carbonyl (C=O) groups is 1. The van der Waals surface area contributed by atoms with Gasteiger partial charge in [0.1, 0.15) is 5.75 Å². The summed E-state index contributed by atoms with van der Waals surface area (Å²) in [6, 6.07) is 15.7. The number of nitrogens with two attached hydrogens (primary N) is 1. The van der Waals surface area contributed by atoms with E-state index in [0.717, 1.165) is 16.9 Å². The molecule has 2 aromatic carbocycles. The summed E-state index contributed by atoms with van der Waals surface area (Å²) >= 11 is 1.26. The van der Waals surface area contributed by atoms with Crippen LogP contribution in [0, 0.1) is 0 Å². The van der Waals surface area contributed by atoms with Crippen molar-refractivity contribution in [2.75, 3.05) is 30.7 Å². The Hall–Kier alpha value is -3.26. The fraction of sp³-hybridized carbons (Fsp3) is 0.261. The second-order valence-corrected chi connectivity index (χ2v) is 8.80. The number of aromatic nitrogens is 3. The molecule has 2 N–H and O–H groups in total. The number of nitrogen functional groups attached to an aromatic ring is 1. The number of fused-ring (bicyclic) bond motifs is 1. The molecule has 0 saturated carbocycles. The molecule has 1 aromatic heterocycles. The van der Waals surface area contributed by atoms with Crippen LogP contribution in [-0.4, -0.2) is 40.6 Å². The molecule has 160 valence electrons. The van der Waals surface area contributed by atoms with Gasteiger partial charge in [-0.1, -0.05) is 55.9 Å². The third-order valence-electron chi connectivity index (χ3n) is 5.59. The Balaban J connectivity index is 1.51. The number of benzene rings is 2. The van der Waals surface area contributed by atoms with Crippen molar-refractivity contribution in [2.24, 2.45) is 0 Å². The molecule has 7 nitrogen and oxygen atoms in total. The smallest absolute Gasteiger partial charge is 0.210 e. The van der Waals surface area contributed by atoms with Crippen molar-refractivity contribution in [1.29, 1.82) is 0 Å². The lowest BCUT2D eigenvalue weighted by atomic mass is 9.83. The van der Waals surface area contributed by atoms with Gasteiger partial charge in [-0.25, -0.2) is 4.68 Å².